The van der Waals surface area contributed by atoms with E-state index in [0.717, 1.165) is 15.9 Å². The van der Waals surface area contributed by atoms with Gasteiger partial charge in [-0.05, 0) is 42.8 Å². The largest absolute Gasteiger partial charge is 0.378 e. The van der Waals surface area contributed by atoms with Crippen LogP contribution < -0.4 is 5.32 Å². The van der Waals surface area contributed by atoms with Crippen molar-refractivity contribution in [1.82, 2.24) is 34.2 Å². The lowest BCUT2D eigenvalue weighted by molar-refractivity contribution is 0.0295. The van der Waals surface area contributed by atoms with Crippen molar-refractivity contribution in [2.45, 2.75) is 34.0 Å². The Morgan fingerprint density at radius 2 is 1.94 bits per heavy atom. The molecule has 3 aromatic rings. The molecule has 0 spiro atoms. The second-order valence-corrected chi connectivity index (χ2v) is 8.24. The number of halogens is 1. The first-order valence-electron chi connectivity index (χ1n) is 10.4. The van der Waals surface area contributed by atoms with Gasteiger partial charge >= 0.3 is 0 Å². The summed E-state index contributed by atoms with van der Waals surface area (Å²) in [5.74, 6) is -0.589. The molecule has 11 nitrogen and oxygen atoms in total. The summed E-state index contributed by atoms with van der Waals surface area (Å²) >= 11 is 3.51. The Hall–Kier alpha value is -2.99. The van der Waals surface area contributed by atoms with E-state index in [1.165, 1.54) is 6.20 Å². The standard InChI is InChI=1S/C20H25BrN8O3/c1-4-28-18(20(31)26-7-9-32-10-8-26)16(11-22-28)23-19(30)15-5-6-27(25-15)12-29-14(3)17(21)13(2)24-29/h5-6,11H,4,7-10,12H2,1-3H3,(H,23,30). The number of anilines is 1. The number of morpholine rings is 1. The van der Waals surface area contributed by atoms with Crippen molar-refractivity contribution in [3.8, 4) is 0 Å². The number of hydrogen-bond acceptors (Lipinski definition) is 6. The Labute approximate surface area is 193 Å². The topological polar surface area (TPSA) is 112 Å². The zero-order valence-electron chi connectivity index (χ0n) is 18.2. The summed E-state index contributed by atoms with van der Waals surface area (Å²) in [4.78, 5) is 27.6. The highest BCUT2D eigenvalue weighted by Gasteiger charge is 2.26. The van der Waals surface area contributed by atoms with E-state index in [0.29, 0.717) is 50.9 Å². The number of nitrogens with one attached hydrogen (secondary N) is 1. The van der Waals surface area contributed by atoms with Gasteiger partial charge in [0.15, 0.2) is 5.69 Å². The molecule has 0 atom stereocenters. The Bertz CT molecular complexity index is 1140. The van der Waals surface area contributed by atoms with Gasteiger partial charge in [0.25, 0.3) is 11.8 Å². The summed E-state index contributed by atoms with van der Waals surface area (Å²) in [6, 6.07) is 1.63. The van der Waals surface area contributed by atoms with Crippen LogP contribution in [0.2, 0.25) is 0 Å². The first-order valence-corrected chi connectivity index (χ1v) is 11.2. The lowest BCUT2D eigenvalue weighted by atomic mass is 10.2. The van der Waals surface area contributed by atoms with Crippen LogP contribution in [0.25, 0.3) is 0 Å². The molecular weight excluding hydrogens is 480 g/mol. The number of ether oxygens (including phenoxy) is 1. The van der Waals surface area contributed by atoms with Gasteiger partial charge in [-0.1, -0.05) is 0 Å². The zero-order valence-corrected chi connectivity index (χ0v) is 19.8. The number of amides is 2. The van der Waals surface area contributed by atoms with Crippen LogP contribution in [0.15, 0.2) is 22.9 Å². The third-order valence-corrected chi connectivity index (χ3v) is 6.48. The number of aryl methyl sites for hydroxylation is 2. The Kier molecular flexibility index (Phi) is 6.42. The lowest BCUT2D eigenvalue weighted by Gasteiger charge is -2.27. The fourth-order valence-electron chi connectivity index (χ4n) is 3.56. The summed E-state index contributed by atoms with van der Waals surface area (Å²) in [5.41, 5.74) is 2.82. The molecule has 0 aliphatic carbocycles. The molecule has 4 rings (SSSR count). The van der Waals surface area contributed by atoms with Crippen molar-refractivity contribution in [2.75, 3.05) is 31.6 Å². The molecule has 12 heteroatoms. The summed E-state index contributed by atoms with van der Waals surface area (Å²) in [5, 5.41) is 15.9. The van der Waals surface area contributed by atoms with Gasteiger partial charge in [0.2, 0.25) is 0 Å². The number of aromatic nitrogens is 6. The molecule has 3 aromatic heterocycles. The number of nitrogens with zero attached hydrogens (tertiary/aromatic N) is 7. The second kappa shape index (κ2) is 9.25. The maximum absolute atomic E-state index is 13.1. The molecule has 2 amide bonds. The van der Waals surface area contributed by atoms with Gasteiger partial charge in [-0.15, -0.1) is 0 Å². The van der Waals surface area contributed by atoms with E-state index in [1.54, 1.807) is 31.2 Å². The number of carbonyl (C=O) groups is 2. The van der Waals surface area contributed by atoms with Crippen LogP contribution in [0.1, 0.15) is 39.3 Å². The third kappa shape index (κ3) is 4.32. The molecule has 1 N–H and O–H groups in total. The smallest absolute Gasteiger partial charge is 0.276 e. The molecule has 1 aliphatic rings. The molecule has 170 valence electrons. The Morgan fingerprint density at radius 1 is 1.19 bits per heavy atom. The van der Waals surface area contributed by atoms with Crippen molar-refractivity contribution in [2.24, 2.45) is 0 Å². The van der Waals surface area contributed by atoms with Crippen LogP contribution in [0, 0.1) is 13.8 Å². The molecule has 1 fully saturated rings. The van der Waals surface area contributed by atoms with Crippen molar-refractivity contribution >= 4 is 33.4 Å². The van der Waals surface area contributed by atoms with Gasteiger partial charge in [0.05, 0.1) is 41.0 Å². The van der Waals surface area contributed by atoms with Crippen molar-refractivity contribution < 1.29 is 14.3 Å². The molecule has 0 radical (unpaired) electrons. The molecule has 0 bridgehead atoms. The maximum atomic E-state index is 13.1. The summed E-state index contributed by atoms with van der Waals surface area (Å²) in [7, 11) is 0. The van der Waals surface area contributed by atoms with Gasteiger partial charge in [-0.25, -0.2) is 4.68 Å². The molecule has 4 heterocycles. The van der Waals surface area contributed by atoms with Gasteiger partial charge in [-0.2, -0.15) is 15.3 Å². The van der Waals surface area contributed by atoms with Crippen LogP contribution in [0.3, 0.4) is 0 Å². The predicted molar refractivity (Wildman–Crippen MR) is 120 cm³/mol. The quantitative estimate of drug-likeness (QED) is 0.548. The number of hydrogen-bond donors (Lipinski definition) is 1. The molecule has 1 saturated heterocycles. The fourth-order valence-corrected chi connectivity index (χ4v) is 3.84. The van der Waals surface area contributed by atoms with Crippen LogP contribution in [0.5, 0.6) is 0 Å². The van der Waals surface area contributed by atoms with Gasteiger partial charge < -0.3 is 15.0 Å². The van der Waals surface area contributed by atoms with Gasteiger partial charge in [-0.3, -0.25) is 19.0 Å². The predicted octanol–water partition coefficient (Wildman–Crippen LogP) is 1.91. The Balaban J connectivity index is 1.50. The Morgan fingerprint density at radius 3 is 2.59 bits per heavy atom. The first kappa shape index (κ1) is 22.2. The molecule has 0 aromatic carbocycles. The molecule has 0 unspecified atom stereocenters. The summed E-state index contributed by atoms with van der Waals surface area (Å²) in [6.07, 6.45) is 3.22. The van der Waals surface area contributed by atoms with E-state index in [2.05, 4.69) is 36.5 Å². The van der Waals surface area contributed by atoms with Gasteiger partial charge in [0.1, 0.15) is 12.4 Å². The lowest BCUT2D eigenvalue weighted by Crippen LogP contribution is -2.41. The van der Waals surface area contributed by atoms with Crippen LogP contribution in [-0.2, 0) is 18.0 Å². The molecule has 0 saturated carbocycles. The summed E-state index contributed by atoms with van der Waals surface area (Å²) < 4.78 is 11.3. The fraction of sp³-hybridized carbons (Fsp3) is 0.450. The average molecular weight is 505 g/mol. The normalized spacial score (nSPS) is 14.1. The van der Waals surface area contributed by atoms with E-state index >= 15 is 0 Å². The van der Waals surface area contributed by atoms with Crippen LogP contribution in [0.4, 0.5) is 5.69 Å². The monoisotopic (exact) mass is 504 g/mol. The highest BCUT2D eigenvalue weighted by atomic mass is 79.9. The summed E-state index contributed by atoms with van der Waals surface area (Å²) in [6.45, 7) is 8.67. The van der Waals surface area contributed by atoms with Crippen molar-refractivity contribution in [3.63, 3.8) is 0 Å². The SMILES string of the molecule is CCn1ncc(NC(=O)c2ccn(Cn3nc(C)c(Br)c3C)n2)c1C(=O)N1CCOCC1. The van der Waals surface area contributed by atoms with E-state index in [9.17, 15) is 9.59 Å². The molecular formula is C20H25BrN8O3. The third-order valence-electron chi connectivity index (χ3n) is 5.33. The first-order chi connectivity index (χ1) is 15.4. The number of rotatable bonds is 6. The van der Waals surface area contributed by atoms with Crippen molar-refractivity contribution in [1.29, 1.82) is 0 Å². The zero-order chi connectivity index (χ0) is 22.8. The van der Waals surface area contributed by atoms with Crippen molar-refractivity contribution in [3.05, 3.63) is 45.7 Å². The van der Waals surface area contributed by atoms with E-state index in [1.807, 2.05) is 20.8 Å². The van der Waals surface area contributed by atoms with E-state index < -0.39 is 5.91 Å². The average Bonchev–Trinajstić information content (AvgIpc) is 3.49. The van der Waals surface area contributed by atoms with E-state index in [4.69, 9.17) is 4.74 Å². The highest BCUT2D eigenvalue weighted by Crippen LogP contribution is 2.21. The minimum absolute atomic E-state index is 0.177. The maximum Gasteiger partial charge on any atom is 0.276 e. The van der Waals surface area contributed by atoms with Gasteiger partial charge in [0, 0.05) is 25.8 Å². The second-order valence-electron chi connectivity index (χ2n) is 7.45. The van der Waals surface area contributed by atoms with Crippen LogP contribution >= 0.6 is 15.9 Å². The molecule has 32 heavy (non-hydrogen) atoms. The molecule has 1 aliphatic heterocycles. The number of carbonyl (C=O) groups excluding carboxylic acids is 2. The van der Waals surface area contributed by atoms with E-state index in [-0.39, 0.29) is 11.6 Å². The highest BCUT2D eigenvalue weighted by molar-refractivity contribution is 9.10. The van der Waals surface area contributed by atoms with Crippen LogP contribution in [-0.4, -0.2) is 72.4 Å². The minimum Gasteiger partial charge on any atom is -0.378 e. The minimum atomic E-state index is -0.412.